The van der Waals surface area contributed by atoms with Crippen LogP contribution in [0.5, 0.6) is 0 Å². The Kier molecular flexibility index (Phi) is 6.22. The Morgan fingerprint density at radius 2 is 1.76 bits per heavy atom. The van der Waals surface area contributed by atoms with Gasteiger partial charge < -0.3 is 0 Å². The van der Waals surface area contributed by atoms with Crippen molar-refractivity contribution < 1.29 is 13.0 Å². The summed E-state index contributed by atoms with van der Waals surface area (Å²) in [5.41, 5.74) is 0.888. The van der Waals surface area contributed by atoms with Gasteiger partial charge in [0.1, 0.15) is 0 Å². The normalized spacial score (nSPS) is 16.2. The van der Waals surface area contributed by atoms with Crippen LogP contribution in [0.25, 0.3) is 0 Å². The molecular formula is C14H21N3O3S. The standard InChI is InChI=1S/C7H13N3.C7H8O3S/c1-8-7(9-2)3-5-10-6-4-7;1-6-2-4-7(5-3-6)11(8,9)10/h3,5-6,8-9H,4H2,1-2H3;2-5H,1H3,(H,8,9,10). The Balaban J connectivity index is 0.000000211. The van der Waals surface area contributed by atoms with E-state index in [0.29, 0.717) is 0 Å². The summed E-state index contributed by atoms with van der Waals surface area (Å²) in [6.07, 6.45) is 6.62. The van der Waals surface area contributed by atoms with Crippen molar-refractivity contribution in [3.8, 4) is 0 Å². The lowest BCUT2D eigenvalue weighted by Gasteiger charge is -2.29. The fraction of sp³-hybridized carbons (Fsp3) is 0.357. The van der Waals surface area contributed by atoms with Crippen LogP contribution in [-0.2, 0) is 10.1 Å². The maximum atomic E-state index is 10.5. The first-order valence-electron chi connectivity index (χ1n) is 6.44. The van der Waals surface area contributed by atoms with Crippen molar-refractivity contribution in [3.63, 3.8) is 0 Å². The molecule has 1 aliphatic heterocycles. The van der Waals surface area contributed by atoms with E-state index in [9.17, 15) is 8.42 Å². The van der Waals surface area contributed by atoms with E-state index in [2.05, 4.69) is 15.6 Å². The van der Waals surface area contributed by atoms with E-state index in [-0.39, 0.29) is 10.6 Å². The van der Waals surface area contributed by atoms with Gasteiger partial charge in [0.05, 0.1) is 10.6 Å². The molecule has 7 heteroatoms. The molecule has 1 aromatic carbocycles. The highest BCUT2D eigenvalue weighted by Gasteiger charge is 2.21. The van der Waals surface area contributed by atoms with Crippen LogP contribution >= 0.6 is 0 Å². The number of aliphatic imine (C=N–C) groups is 1. The summed E-state index contributed by atoms with van der Waals surface area (Å²) in [7, 11) is -0.158. The number of benzene rings is 1. The second kappa shape index (κ2) is 7.46. The Bertz CT molecular complexity index is 603. The zero-order valence-electron chi connectivity index (χ0n) is 12.4. The minimum atomic E-state index is -4.02. The molecule has 0 spiro atoms. The third-order valence-electron chi connectivity index (χ3n) is 3.17. The zero-order chi connectivity index (χ0) is 15.9. The molecule has 0 amide bonds. The van der Waals surface area contributed by atoms with Crippen molar-refractivity contribution in [2.75, 3.05) is 14.1 Å². The maximum absolute atomic E-state index is 10.5. The molecule has 0 radical (unpaired) electrons. The van der Waals surface area contributed by atoms with Crippen LogP contribution in [-0.4, -0.2) is 38.9 Å². The van der Waals surface area contributed by atoms with E-state index in [4.69, 9.17) is 4.55 Å². The number of nitrogens with one attached hydrogen (secondary N) is 2. The average Bonchev–Trinajstić information content (AvgIpc) is 2.48. The summed E-state index contributed by atoms with van der Waals surface area (Å²) in [6.45, 7) is 1.84. The smallest absolute Gasteiger partial charge is 0.294 e. The van der Waals surface area contributed by atoms with Crippen LogP contribution in [0.15, 0.2) is 46.4 Å². The fourth-order valence-electron chi connectivity index (χ4n) is 1.70. The van der Waals surface area contributed by atoms with Gasteiger partial charge in [0.2, 0.25) is 0 Å². The van der Waals surface area contributed by atoms with Crippen molar-refractivity contribution in [1.29, 1.82) is 0 Å². The predicted octanol–water partition coefficient (Wildman–Crippen LogP) is 1.35. The zero-order valence-corrected chi connectivity index (χ0v) is 13.2. The Labute approximate surface area is 125 Å². The van der Waals surface area contributed by atoms with Gasteiger partial charge in [0, 0.05) is 18.8 Å². The number of nitrogens with zero attached hydrogens (tertiary/aromatic N) is 1. The first-order chi connectivity index (χ1) is 9.83. The van der Waals surface area contributed by atoms with E-state index in [1.807, 2.05) is 33.3 Å². The highest BCUT2D eigenvalue weighted by Crippen LogP contribution is 2.09. The van der Waals surface area contributed by atoms with Crippen molar-refractivity contribution in [3.05, 3.63) is 42.1 Å². The molecule has 6 nitrogen and oxygen atoms in total. The summed E-state index contributed by atoms with van der Waals surface area (Å²) >= 11 is 0. The maximum Gasteiger partial charge on any atom is 0.294 e. The molecule has 0 unspecified atom stereocenters. The molecule has 0 saturated carbocycles. The Hall–Kier alpha value is -1.54. The third-order valence-corrected chi connectivity index (χ3v) is 4.04. The lowest BCUT2D eigenvalue weighted by Crippen LogP contribution is -2.53. The molecule has 1 aromatic rings. The second-order valence-electron chi connectivity index (χ2n) is 4.61. The topological polar surface area (TPSA) is 90.8 Å². The van der Waals surface area contributed by atoms with E-state index >= 15 is 0 Å². The summed E-state index contributed by atoms with van der Waals surface area (Å²) < 4.78 is 29.6. The molecule has 21 heavy (non-hydrogen) atoms. The van der Waals surface area contributed by atoms with Crippen molar-refractivity contribution in [2.24, 2.45) is 4.99 Å². The molecule has 2 rings (SSSR count). The van der Waals surface area contributed by atoms with Crippen LogP contribution < -0.4 is 10.6 Å². The van der Waals surface area contributed by atoms with E-state index in [0.717, 1.165) is 12.0 Å². The number of hydrogen-bond donors (Lipinski definition) is 3. The van der Waals surface area contributed by atoms with Crippen molar-refractivity contribution in [1.82, 2.24) is 10.6 Å². The predicted molar refractivity (Wildman–Crippen MR) is 84.1 cm³/mol. The monoisotopic (exact) mass is 311 g/mol. The molecule has 3 N–H and O–H groups in total. The molecule has 0 bridgehead atoms. The second-order valence-corrected chi connectivity index (χ2v) is 6.03. The van der Waals surface area contributed by atoms with Gasteiger partial charge in [-0.05, 0) is 39.2 Å². The summed E-state index contributed by atoms with van der Waals surface area (Å²) in [5, 5.41) is 6.36. The molecule has 0 fully saturated rings. The number of rotatable bonds is 3. The Morgan fingerprint density at radius 3 is 2.10 bits per heavy atom. The largest absolute Gasteiger partial charge is 0.299 e. The molecule has 0 saturated heterocycles. The average molecular weight is 311 g/mol. The molecule has 1 heterocycles. The SMILES string of the molecule is CNC1(NC)C=CN=CC1.Cc1ccc(S(=O)(=O)O)cc1. The van der Waals surface area contributed by atoms with Crippen LogP contribution in [0.4, 0.5) is 0 Å². The number of hydrogen-bond acceptors (Lipinski definition) is 5. The van der Waals surface area contributed by atoms with Gasteiger partial charge in [-0.25, -0.2) is 0 Å². The van der Waals surface area contributed by atoms with Gasteiger partial charge in [-0.15, -0.1) is 0 Å². The number of aryl methyl sites for hydroxylation is 1. The van der Waals surface area contributed by atoms with Crippen LogP contribution in [0, 0.1) is 6.92 Å². The fourth-order valence-corrected chi connectivity index (χ4v) is 2.18. The summed E-state index contributed by atoms with van der Waals surface area (Å²) in [5.74, 6) is 0. The summed E-state index contributed by atoms with van der Waals surface area (Å²) in [4.78, 5) is 3.92. The minimum absolute atomic E-state index is 0.0666. The van der Waals surface area contributed by atoms with E-state index < -0.39 is 10.1 Å². The first-order valence-corrected chi connectivity index (χ1v) is 7.88. The number of likely N-dealkylation sites (N-methyl/N-ethyl adjacent to an activating group) is 2. The van der Waals surface area contributed by atoms with Gasteiger partial charge >= 0.3 is 0 Å². The van der Waals surface area contributed by atoms with Crippen molar-refractivity contribution >= 4 is 16.3 Å². The lowest BCUT2D eigenvalue weighted by molar-refractivity contribution is 0.388. The molecule has 0 aliphatic carbocycles. The molecule has 1 aliphatic rings. The minimum Gasteiger partial charge on any atom is -0.299 e. The molecular weight excluding hydrogens is 290 g/mol. The first kappa shape index (κ1) is 17.5. The van der Waals surface area contributed by atoms with Crippen LogP contribution in [0.3, 0.4) is 0 Å². The van der Waals surface area contributed by atoms with Crippen LogP contribution in [0.2, 0.25) is 0 Å². The highest BCUT2D eigenvalue weighted by atomic mass is 32.2. The van der Waals surface area contributed by atoms with Gasteiger partial charge in [-0.2, -0.15) is 8.42 Å². The Morgan fingerprint density at radius 1 is 1.19 bits per heavy atom. The van der Waals surface area contributed by atoms with Gasteiger partial charge in [0.15, 0.2) is 0 Å². The van der Waals surface area contributed by atoms with Gasteiger partial charge in [-0.3, -0.25) is 20.2 Å². The third kappa shape index (κ3) is 5.39. The van der Waals surface area contributed by atoms with Gasteiger partial charge in [-0.1, -0.05) is 17.7 Å². The highest BCUT2D eigenvalue weighted by molar-refractivity contribution is 7.85. The quantitative estimate of drug-likeness (QED) is 0.579. The van der Waals surface area contributed by atoms with E-state index in [1.165, 1.54) is 12.1 Å². The molecule has 0 atom stereocenters. The molecule has 0 aromatic heterocycles. The summed E-state index contributed by atoms with van der Waals surface area (Å²) in [6, 6.07) is 5.99. The van der Waals surface area contributed by atoms with Gasteiger partial charge in [0.25, 0.3) is 10.1 Å². The van der Waals surface area contributed by atoms with Crippen molar-refractivity contribution in [2.45, 2.75) is 23.9 Å². The van der Waals surface area contributed by atoms with E-state index in [1.54, 1.807) is 18.3 Å². The lowest BCUT2D eigenvalue weighted by atomic mass is 10.1. The molecule has 116 valence electrons. The van der Waals surface area contributed by atoms with Crippen LogP contribution in [0.1, 0.15) is 12.0 Å².